The summed E-state index contributed by atoms with van der Waals surface area (Å²) in [5, 5.41) is 12.2. The van der Waals surface area contributed by atoms with Crippen LogP contribution in [-0.4, -0.2) is 29.6 Å². The number of aryl methyl sites for hydroxylation is 2. The first kappa shape index (κ1) is 16.8. The number of rotatable bonds is 4. The normalized spacial score (nSPS) is 27.9. The van der Waals surface area contributed by atoms with E-state index in [2.05, 4.69) is 67.3 Å². The number of nitrogens with zero attached hydrogens (tertiary/aromatic N) is 1. The molecular formula is C23H29NO. The molecule has 0 amide bonds. The first-order valence-corrected chi connectivity index (χ1v) is 9.62. The molecule has 2 unspecified atom stereocenters. The first-order valence-electron chi connectivity index (χ1n) is 9.62. The lowest BCUT2D eigenvalue weighted by Gasteiger charge is -2.51. The van der Waals surface area contributed by atoms with E-state index in [1.54, 1.807) is 0 Å². The molecule has 2 aromatic rings. The van der Waals surface area contributed by atoms with Gasteiger partial charge in [0.05, 0.1) is 5.60 Å². The molecule has 0 aliphatic carbocycles. The van der Waals surface area contributed by atoms with Gasteiger partial charge in [-0.2, -0.15) is 0 Å². The van der Waals surface area contributed by atoms with Crippen LogP contribution in [0.25, 0.3) is 0 Å². The predicted octanol–water partition coefficient (Wildman–Crippen LogP) is 4.08. The van der Waals surface area contributed by atoms with Gasteiger partial charge in [0.2, 0.25) is 0 Å². The van der Waals surface area contributed by atoms with E-state index in [9.17, 15) is 5.11 Å². The molecule has 0 aromatic heterocycles. The van der Waals surface area contributed by atoms with Crippen LogP contribution in [0.1, 0.15) is 35.1 Å². The monoisotopic (exact) mass is 335 g/mol. The summed E-state index contributed by atoms with van der Waals surface area (Å²) in [4.78, 5) is 2.55. The number of benzene rings is 2. The van der Waals surface area contributed by atoms with Crippen molar-refractivity contribution < 1.29 is 5.11 Å². The third kappa shape index (κ3) is 3.14. The number of hydrogen-bond donors (Lipinski definition) is 1. The minimum absolute atomic E-state index is 0.315. The highest BCUT2D eigenvalue weighted by Crippen LogP contribution is 2.46. The minimum atomic E-state index is -0.790. The van der Waals surface area contributed by atoms with Crippen LogP contribution in [0.3, 0.4) is 0 Å². The summed E-state index contributed by atoms with van der Waals surface area (Å²) in [5.74, 6) is 0.953. The van der Waals surface area contributed by atoms with Gasteiger partial charge in [-0.1, -0.05) is 54.1 Å². The third-order valence-electron chi connectivity index (χ3n) is 6.45. The molecule has 2 atom stereocenters. The lowest BCUT2D eigenvalue weighted by Crippen LogP contribution is -2.56. The standard InChI is InChI=1S/C23H29NO/c1-17-8-9-18(2)21(14-17)23(25,15-19-6-4-3-5-7-19)22-16-24-12-10-20(22)11-13-24/h3-9,14,20,22,25H,10-13,15-16H2,1-2H3. The molecule has 0 radical (unpaired) electrons. The minimum Gasteiger partial charge on any atom is -0.384 e. The molecule has 3 saturated heterocycles. The van der Waals surface area contributed by atoms with Crippen LogP contribution in [-0.2, 0) is 12.0 Å². The number of piperidine rings is 3. The van der Waals surface area contributed by atoms with E-state index in [0.29, 0.717) is 18.3 Å². The highest BCUT2D eigenvalue weighted by molar-refractivity contribution is 5.38. The second-order valence-electron chi connectivity index (χ2n) is 8.15. The van der Waals surface area contributed by atoms with Gasteiger partial charge in [-0.05, 0) is 62.4 Å². The fourth-order valence-corrected chi connectivity index (χ4v) is 5.04. The number of aliphatic hydroxyl groups is 1. The average Bonchev–Trinajstić information content (AvgIpc) is 2.65. The highest BCUT2D eigenvalue weighted by Gasteiger charge is 2.48. The molecule has 3 fully saturated rings. The maximum atomic E-state index is 12.2. The van der Waals surface area contributed by atoms with Crippen LogP contribution in [0.5, 0.6) is 0 Å². The fraction of sp³-hybridized carbons (Fsp3) is 0.478. The Bertz CT molecular complexity index is 733. The van der Waals surface area contributed by atoms with Crippen LogP contribution in [0.2, 0.25) is 0 Å². The highest BCUT2D eigenvalue weighted by atomic mass is 16.3. The Labute approximate surface area is 151 Å². The van der Waals surface area contributed by atoms with E-state index in [1.165, 1.54) is 42.6 Å². The van der Waals surface area contributed by atoms with Crippen molar-refractivity contribution in [3.05, 3.63) is 70.8 Å². The molecule has 0 spiro atoms. The van der Waals surface area contributed by atoms with Crippen LogP contribution < -0.4 is 0 Å². The molecule has 5 rings (SSSR count). The van der Waals surface area contributed by atoms with E-state index in [0.717, 1.165) is 12.1 Å². The molecule has 25 heavy (non-hydrogen) atoms. The molecule has 3 aliphatic heterocycles. The number of fused-ring (bicyclic) bond motifs is 3. The molecule has 2 heteroatoms. The maximum absolute atomic E-state index is 12.2. The van der Waals surface area contributed by atoms with Gasteiger partial charge in [-0.25, -0.2) is 0 Å². The van der Waals surface area contributed by atoms with Crippen molar-refractivity contribution in [1.82, 2.24) is 4.90 Å². The van der Waals surface area contributed by atoms with Crippen molar-refractivity contribution >= 4 is 0 Å². The molecule has 132 valence electrons. The van der Waals surface area contributed by atoms with Gasteiger partial charge in [-0.15, -0.1) is 0 Å². The molecule has 2 bridgehead atoms. The SMILES string of the molecule is Cc1ccc(C)c(C(O)(Cc2ccccc2)C2CN3CCC2CC3)c1. The largest absolute Gasteiger partial charge is 0.384 e. The lowest BCUT2D eigenvalue weighted by atomic mass is 9.65. The van der Waals surface area contributed by atoms with Gasteiger partial charge in [0.25, 0.3) is 0 Å². The smallest absolute Gasteiger partial charge is 0.0982 e. The Kier molecular flexibility index (Phi) is 4.43. The van der Waals surface area contributed by atoms with E-state index in [4.69, 9.17) is 0 Å². The zero-order valence-electron chi connectivity index (χ0n) is 15.4. The lowest BCUT2D eigenvalue weighted by molar-refractivity contribution is -0.102. The molecule has 1 N–H and O–H groups in total. The maximum Gasteiger partial charge on any atom is 0.0982 e. The van der Waals surface area contributed by atoms with Crippen molar-refractivity contribution in [3.8, 4) is 0 Å². The average molecular weight is 335 g/mol. The summed E-state index contributed by atoms with van der Waals surface area (Å²) in [6.45, 7) is 7.71. The third-order valence-corrected chi connectivity index (χ3v) is 6.45. The van der Waals surface area contributed by atoms with Crippen molar-refractivity contribution in [2.24, 2.45) is 11.8 Å². The zero-order chi connectivity index (χ0) is 17.4. The summed E-state index contributed by atoms with van der Waals surface area (Å²) in [5.41, 5.74) is 4.01. The summed E-state index contributed by atoms with van der Waals surface area (Å²) in [6, 6.07) is 17.0. The second-order valence-corrected chi connectivity index (χ2v) is 8.15. The quantitative estimate of drug-likeness (QED) is 0.910. The van der Waals surface area contributed by atoms with Crippen LogP contribution >= 0.6 is 0 Å². The summed E-state index contributed by atoms with van der Waals surface area (Å²) >= 11 is 0. The van der Waals surface area contributed by atoms with Gasteiger partial charge in [0.15, 0.2) is 0 Å². The Morgan fingerprint density at radius 2 is 1.76 bits per heavy atom. The predicted molar refractivity (Wildman–Crippen MR) is 103 cm³/mol. The van der Waals surface area contributed by atoms with Crippen LogP contribution in [0.4, 0.5) is 0 Å². The van der Waals surface area contributed by atoms with Gasteiger partial charge < -0.3 is 10.0 Å². The molecule has 0 saturated carbocycles. The van der Waals surface area contributed by atoms with E-state index in [-0.39, 0.29) is 0 Å². The molecule has 2 nitrogen and oxygen atoms in total. The van der Waals surface area contributed by atoms with Gasteiger partial charge in [0.1, 0.15) is 0 Å². The van der Waals surface area contributed by atoms with E-state index >= 15 is 0 Å². The molecule has 2 aromatic carbocycles. The molecule has 3 aliphatic rings. The summed E-state index contributed by atoms with van der Waals surface area (Å²) < 4.78 is 0. The Morgan fingerprint density at radius 3 is 2.40 bits per heavy atom. The Morgan fingerprint density at radius 1 is 1.04 bits per heavy atom. The van der Waals surface area contributed by atoms with Crippen molar-refractivity contribution in [2.45, 2.75) is 38.7 Å². The van der Waals surface area contributed by atoms with Crippen molar-refractivity contribution in [1.29, 1.82) is 0 Å². The molecular weight excluding hydrogens is 306 g/mol. The van der Waals surface area contributed by atoms with Crippen LogP contribution in [0.15, 0.2) is 48.5 Å². The Hall–Kier alpha value is -1.64. The van der Waals surface area contributed by atoms with Crippen molar-refractivity contribution in [2.75, 3.05) is 19.6 Å². The topological polar surface area (TPSA) is 23.5 Å². The zero-order valence-corrected chi connectivity index (χ0v) is 15.4. The summed E-state index contributed by atoms with van der Waals surface area (Å²) in [6.07, 6.45) is 3.16. The Balaban J connectivity index is 1.78. The molecule has 3 heterocycles. The second kappa shape index (κ2) is 6.59. The number of hydrogen-bond acceptors (Lipinski definition) is 2. The van der Waals surface area contributed by atoms with Crippen molar-refractivity contribution in [3.63, 3.8) is 0 Å². The van der Waals surface area contributed by atoms with Gasteiger partial charge >= 0.3 is 0 Å². The fourth-order valence-electron chi connectivity index (χ4n) is 5.04. The van der Waals surface area contributed by atoms with Gasteiger partial charge in [-0.3, -0.25) is 0 Å². The van der Waals surface area contributed by atoms with Gasteiger partial charge in [0, 0.05) is 18.9 Å². The summed E-state index contributed by atoms with van der Waals surface area (Å²) in [7, 11) is 0. The first-order chi connectivity index (χ1) is 12.1. The van der Waals surface area contributed by atoms with E-state index in [1.807, 2.05) is 0 Å². The van der Waals surface area contributed by atoms with E-state index < -0.39 is 5.60 Å². The van der Waals surface area contributed by atoms with Crippen LogP contribution in [0, 0.1) is 25.7 Å².